The van der Waals surface area contributed by atoms with Crippen LogP contribution in [-0.4, -0.2) is 35.4 Å². The molecule has 2 amide bonds. The molecule has 116 valence electrons. The topological polar surface area (TPSA) is 58.6 Å². The summed E-state index contributed by atoms with van der Waals surface area (Å²) in [5.41, 5.74) is 0.184. The number of rotatable bonds is 4. The van der Waals surface area contributed by atoms with Gasteiger partial charge in [0.15, 0.2) is 0 Å². The molecule has 0 fully saturated rings. The Morgan fingerprint density at radius 2 is 1.71 bits per heavy atom. The summed E-state index contributed by atoms with van der Waals surface area (Å²) < 4.78 is 5.33. The van der Waals surface area contributed by atoms with Crippen molar-refractivity contribution in [1.29, 1.82) is 0 Å². The van der Waals surface area contributed by atoms with E-state index in [-0.39, 0.29) is 5.54 Å². The Hall–Kier alpha value is -2.04. The number of amides is 2. The van der Waals surface area contributed by atoms with Crippen LogP contribution in [0.5, 0.6) is 5.75 Å². The van der Waals surface area contributed by atoms with Crippen LogP contribution in [0, 0.1) is 0 Å². The minimum Gasteiger partial charge on any atom is -0.494 e. The Morgan fingerprint density at radius 1 is 1.14 bits per heavy atom. The second kappa shape index (κ2) is 7.11. The van der Waals surface area contributed by atoms with Crippen LogP contribution in [0.25, 0.3) is 0 Å². The predicted molar refractivity (Wildman–Crippen MR) is 83.4 cm³/mol. The number of likely N-dealkylation sites (N-methyl/N-ethyl adjacent to an activating group) is 1. The molecular weight excluding hydrogens is 268 g/mol. The minimum absolute atomic E-state index is 0.387. The van der Waals surface area contributed by atoms with Gasteiger partial charge < -0.3 is 15.0 Å². The molecule has 5 nitrogen and oxygen atoms in total. The number of ether oxygens (including phenoxy) is 1. The number of hydrogen-bond acceptors (Lipinski definition) is 3. The number of anilines is 1. The quantitative estimate of drug-likeness (QED) is 0.868. The van der Waals surface area contributed by atoms with E-state index in [0.29, 0.717) is 18.8 Å². The van der Waals surface area contributed by atoms with Gasteiger partial charge in [0.2, 0.25) is 0 Å². The molecular formula is C16H24N2O3. The molecule has 5 heteroatoms. The number of benzene rings is 1. The van der Waals surface area contributed by atoms with Crippen LogP contribution in [0.4, 0.5) is 5.69 Å². The van der Waals surface area contributed by atoms with Gasteiger partial charge >= 0.3 is 11.8 Å². The minimum atomic E-state index is -0.629. The summed E-state index contributed by atoms with van der Waals surface area (Å²) in [7, 11) is 0. The fourth-order valence-corrected chi connectivity index (χ4v) is 2.03. The highest BCUT2D eigenvalue weighted by Crippen LogP contribution is 2.17. The first-order valence-electron chi connectivity index (χ1n) is 7.15. The van der Waals surface area contributed by atoms with Gasteiger partial charge in [-0.25, -0.2) is 0 Å². The maximum absolute atomic E-state index is 12.2. The van der Waals surface area contributed by atoms with Gasteiger partial charge in [-0.15, -0.1) is 0 Å². The monoisotopic (exact) mass is 292 g/mol. The molecule has 0 spiro atoms. The molecule has 21 heavy (non-hydrogen) atoms. The summed E-state index contributed by atoms with van der Waals surface area (Å²) in [4.78, 5) is 25.8. The molecule has 0 saturated carbocycles. The third-order valence-electron chi connectivity index (χ3n) is 2.99. The van der Waals surface area contributed by atoms with Crippen LogP contribution >= 0.6 is 0 Å². The van der Waals surface area contributed by atoms with Crippen LogP contribution in [0.1, 0.15) is 34.6 Å². The molecule has 0 saturated heterocycles. The van der Waals surface area contributed by atoms with Crippen molar-refractivity contribution in [2.24, 2.45) is 0 Å². The lowest BCUT2D eigenvalue weighted by Crippen LogP contribution is -2.49. The predicted octanol–water partition coefficient (Wildman–Crippen LogP) is 2.67. The second-order valence-corrected chi connectivity index (χ2v) is 5.63. The van der Waals surface area contributed by atoms with Crippen molar-refractivity contribution in [3.8, 4) is 5.75 Å². The molecule has 0 aromatic heterocycles. The number of hydrogen-bond donors (Lipinski definition) is 1. The standard InChI is InChI=1S/C16H24N2O3/c1-6-18(16(3,4)5)15(20)14(19)17-12-8-10-13(11-9-12)21-7-2/h8-11H,6-7H2,1-5H3,(H,17,19). The van der Waals surface area contributed by atoms with Crippen molar-refractivity contribution < 1.29 is 14.3 Å². The van der Waals surface area contributed by atoms with Crippen LogP contribution in [0.15, 0.2) is 24.3 Å². The van der Waals surface area contributed by atoms with E-state index in [1.807, 2.05) is 34.6 Å². The van der Waals surface area contributed by atoms with Crippen LogP contribution in [0.2, 0.25) is 0 Å². The number of carbonyl (C=O) groups excluding carboxylic acids is 2. The van der Waals surface area contributed by atoms with E-state index in [2.05, 4.69) is 5.32 Å². The van der Waals surface area contributed by atoms with Gasteiger partial charge in [-0.3, -0.25) is 9.59 Å². The highest BCUT2D eigenvalue weighted by atomic mass is 16.5. The number of nitrogens with zero attached hydrogens (tertiary/aromatic N) is 1. The van der Waals surface area contributed by atoms with Gasteiger partial charge in [0.1, 0.15) is 5.75 Å². The van der Waals surface area contributed by atoms with E-state index in [4.69, 9.17) is 4.74 Å². The van der Waals surface area contributed by atoms with Gasteiger partial charge in [-0.2, -0.15) is 0 Å². The Bertz CT molecular complexity index is 489. The SMILES string of the molecule is CCOc1ccc(NC(=O)C(=O)N(CC)C(C)(C)C)cc1. The summed E-state index contributed by atoms with van der Waals surface area (Å²) in [6.07, 6.45) is 0. The molecule has 0 bridgehead atoms. The molecule has 1 rings (SSSR count). The van der Waals surface area contributed by atoms with Crippen LogP contribution in [0.3, 0.4) is 0 Å². The van der Waals surface area contributed by atoms with Gasteiger partial charge in [-0.05, 0) is 58.9 Å². The van der Waals surface area contributed by atoms with E-state index >= 15 is 0 Å². The molecule has 0 atom stereocenters. The van der Waals surface area contributed by atoms with Gasteiger partial charge in [0, 0.05) is 17.8 Å². The maximum atomic E-state index is 12.2. The molecule has 1 aromatic carbocycles. The fourth-order valence-electron chi connectivity index (χ4n) is 2.03. The summed E-state index contributed by atoms with van der Waals surface area (Å²) >= 11 is 0. The summed E-state index contributed by atoms with van der Waals surface area (Å²) in [5.74, 6) is -0.429. The Balaban J connectivity index is 2.74. The second-order valence-electron chi connectivity index (χ2n) is 5.63. The highest BCUT2D eigenvalue weighted by molar-refractivity contribution is 6.39. The zero-order valence-electron chi connectivity index (χ0n) is 13.4. The van der Waals surface area contributed by atoms with Crippen LogP contribution in [-0.2, 0) is 9.59 Å². The van der Waals surface area contributed by atoms with Gasteiger partial charge in [0.25, 0.3) is 0 Å². The molecule has 0 unspecified atom stereocenters. The summed E-state index contributed by atoms with van der Waals surface area (Å²) in [6.45, 7) is 10.5. The van der Waals surface area contributed by atoms with Crippen molar-refractivity contribution in [2.75, 3.05) is 18.5 Å². The average Bonchev–Trinajstić information content (AvgIpc) is 2.40. The van der Waals surface area contributed by atoms with E-state index in [1.165, 1.54) is 4.90 Å². The van der Waals surface area contributed by atoms with Crippen molar-refractivity contribution in [3.05, 3.63) is 24.3 Å². The normalized spacial score (nSPS) is 10.9. The first kappa shape index (κ1) is 17.0. The van der Waals surface area contributed by atoms with Gasteiger partial charge in [0.05, 0.1) is 6.61 Å². The zero-order chi connectivity index (χ0) is 16.0. The Labute approximate surface area is 126 Å². The number of carbonyl (C=O) groups is 2. The molecule has 1 aromatic rings. The first-order chi connectivity index (χ1) is 9.79. The highest BCUT2D eigenvalue weighted by Gasteiger charge is 2.29. The van der Waals surface area contributed by atoms with E-state index in [9.17, 15) is 9.59 Å². The third-order valence-corrected chi connectivity index (χ3v) is 2.99. The number of nitrogens with one attached hydrogen (secondary N) is 1. The van der Waals surface area contributed by atoms with E-state index in [0.717, 1.165) is 5.75 Å². The maximum Gasteiger partial charge on any atom is 0.313 e. The molecule has 0 radical (unpaired) electrons. The van der Waals surface area contributed by atoms with Crippen molar-refractivity contribution in [2.45, 2.75) is 40.2 Å². The third kappa shape index (κ3) is 4.77. The first-order valence-corrected chi connectivity index (χ1v) is 7.15. The largest absolute Gasteiger partial charge is 0.494 e. The molecule has 0 aliphatic carbocycles. The molecule has 0 aliphatic rings. The van der Waals surface area contributed by atoms with Gasteiger partial charge in [-0.1, -0.05) is 0 Å². The van der Waals surface area contributed by atoms with Crippen molar-refractivity contribution >= 4 is 17.5 Å². The molecule has 0 aliphatic heterocycles. The summed E-state index contributed by atoms with van der Waals surface area (Å²) in [5, 5.41) is 2.61. The Morgan fingerprint density at radius 3 is 2.14 bits per heavy atom. The van der Waals surface area contributed by atoms with Crippen molar-refractivity contribution in [1.82, 2.24) is 4.90 Å². The Kier molecular flexibility index (Phi) is 5.76. The van der Waals surface area contributed by atoms with E-state index < -0.39 is 11.8 Å². The average molecular weight is 292 g/mol. The molecule has 0 heterocycles. The summed E-state index contributed by atoms with van der Waals surface area (Å²) in [6, 6.07) is 6.93. The molecule has 1 N–H and O–H groups in total. The smallest absolute Gasteiger partial charge is 0.313 e. The van der Waals surface area contributed by atoms with E-state index in [1.54, 1.807) is 24.3 Å². The zero-order valence-corrected chi connectivity index (χ0v) is 13.4. The lowest BCUT2D eigenvalue weighted by molar-refractivity contribution is -0.146. The van der Waals surface area contributed by atoms with Crippen LogP contribution < -0.4 is 10.1 Å². The lowest BCUT2D eigenvalue weighted by atomic mass is 10.1. The lowest BCUT2D eigenvalue weighted by Gasteiger charge is -2.34. The van der Waals surface area contributed by atoms with Crippen molar-refractivity contribution in [3.63, 3.8) is 0 Å². The fraction of sp³-hybridized carbons (Fsp3) is 0.500.